The fraction of sp³-hybridized carbons (Fsp3) is 0.850. The first kappa shape index (κ1) is 23.4. The Morgan fingerprint density at radius 2 is 2.11 bits per heavy atom. The van der Waals surface area contributed by atoms with Crippen molar-refractivity contribution < 1.29 is 0 Å². The maximum absolute atomic E-state index is 4.60. The van der Waals surface area contributed by atoms with E-state index in [1.807, 2.05) is 7.05 Å². The number of aliphatic imine (C=N–C) groups is 1. The predicted molar refractivity (Wildman–Crippen MR) is 125 cm³/mol. The van der Waals surface area contributed by atoms with Gasteiger partial charge in [0.05, 0.1) is 6.54 Å². The molecule has 3 heterocycles. The van der Waals surface area contributed by atoms with E-state index in [0.29, 0.717) is 12.0 Å². The first-order valence-corrected chi connectivity index (χ1v) is 10.7. The van der Waals surface area contributed by atoms with Gasteiger partial charge in [0.1, 0.15) is 5.82 Å². The van der Waals surface area contributed by atoms with E-state index in [4.69, 9.17) is 0 Å². The number of halogens is 1. The fourth-order valence-corrected chi connectivity index (χ4v) is 4.26. The van der Waals surface area contributed by atoms with Gasteiger partial charge in [0.15, 0.2) is 11.8 Å². The third kappa shape index (κ3) is 6.57. The van der Waals surface area contributed by atoms with Crippen molar-refractivity contribution in [2.45, 2.75) is 65.5 Å². The zero-order valence-electron chi connectivity index (χ0n) is 17.9. The largest absolute Gasteiger partial charge is 0.356 e. The molecule has 160 valence electrons. The molecule has 1 aromatic rings. The summed E-state index contributed by atoms with van der Waals surface area (Å²) in [6.45, 7) is 12.3. The number of nitrogens with zero attached hydrogens (tertiary/aromatic N) is 5. The normalized spacial score (nSPS) is 23.2. The van der Waals surface area contributed by atoms with Crippen LogP contribution in [-0.2, 0) is 19.4 Å². The molecule has 0 aromatic carbocycles. The van der Waals surface area contributed by atoms with Crippen molar-refractivity contribution in [2.75, 3.05) is 33.2 Å². The molecule has 0 amide bonds. The minimum Gasteiger partial charge on any atom is -0.356 e. The summed E-state index contributed by atoms with van der Waals surface area (Å²) < 4.78 is 2.07. The molecule has 2 aliphatic rings. The molecule has 2 unspecified atom stereocenters. The average Bonchev–Trinajstić information content (AvgIpc) is 3.07. The fourth-order valence-electron chi connectivity index (χ4n) is 4.26. The van der Waals surface area contributed by atoms with Crippen molar-refractivity contribution in [2.24, 2.45) is 16.8 Å². The summed E-state index contributed by atoms with van der Waals surface area (Å²) in [6, 6.07) is 0.360. The van der Waals surface area contributed by atoms with E-state index in [-0.39, 0.29) is 24.0 Å². The molecule has 0 saturated carbocycles. The predicted octanol–water partition coefficient (Wildman–Crippen LogP) is 2.31. The molecule has 2 N–H and O–H groups in total. The number of nitrogens with one attached hydrogen (secondary N) is 2. The van der Waals surface area contributed by atoms with Gasteiger partial charge in [0.2, 0.25) is 0 Å². The van der Waals surface area contributed by atoms with Crippen LogP contribution in [0, 0.1) is 11.8 Å². The summed E-state index contributed by atoms with van der Waals surface area (Å²) in [5.41, 5.74) is 0. The molecule has 1 aromatic heterocycles. The smallest absolute Gasteiger partial charge is 0.191 e. The van der Waals surface area contributed by atoms with Gasteiger partial charge in [-0.05, 0) is 37.6 Å². The quantitative estimate of drug-likeness (QED) is 0.354. The lowest BCUT2D eigenvalue weighted by molar-refractivity contribution is 0.159. The molecule has 3 rings (SSSR count). The molecule has 1 saturated heterocycles. The molecular weight excluding hydrogens is 465 g/mol. The summed E-state index contributed by atoms with van der Waals surface area (Å²) in [4.78, 5) is 11.7. The van der Waals surface area contributed by atoms with Gasteiger partial charge >= 0.3 is 0 Å². The Labute approximate surface area is 187 Å². The van der Waals surface area contributed by atoms with Crippen molar-refractivity contribution in [1.82, 2.24) is 30.3 Å². The van der Waals surface area contributed by atoms with Gasteiger partial charge < -0.3 is 15.5 Å². The van der Waals surface area contributed by atoms with Crippen LogP contribution >= 0.6 is 24.0 Å². The van der Waals surface area contributed by atoms with E-state index in [1.54, 1.807) is 0 Å². The highest BCUT2D eigenvalue weighted by Gasteiger charge is 2.23. The van der Waals surface area contributed by atoms with Gasteiger partial charge in [-0.15, -0.1) is 24.0 Å². The number of fused-ring (bicyclic) bond motifs is 1. The Morgan fingerprint density at radius 3 is 2.82 bits per heavy atom. The Bertz CT molecular complexity index is 628. The van der Waals surface area contributed by atoms with Gasteiger partial charge in [-0.2, -0.15) is 5.10 Å². The standard InChI is InChI=1S/C20H37N7.HI/c1-5-18-24-19-9-8-17(14-27(19)25-18)23-20(21-4)22-11-16-7-6-10-26(13-16)12-15(2)3;/h15-17H,5-14H2,1-4H3,(H2,21,22,23);1H. The highest BCUT2D eigenvalue weighted by atomic mass is 127. The summed E-state index contributed by atoms with van der Waals surface area (Å²) >= 11 is 0. The lowest BCUT2D eigenvalue weighted by Gasteiger charge is -2.34. The zero-order chi connectivity index (χ0) is 19.2. The summed E-state index contributed by atoms with van der Waals surface area (Å²) in [6.07, 6.45) is 5.58. The van der Waals surface area contributed by atoms with Gasteiger partial charge in [-0.1, -0.05) is 20.8 Å². The number of aryl methyl sites for hydroxylation is 2. The number of likely N-dealkylation sites (tertiary alicyclic amines) is 1. The maximum Gasteiger partial charge on any atom is 0.191 e. The van der Waals surface area contributed by atoms with Crippen LogP contribution in [0.2, 0.25) is 0 Å². The van der Waals surface area contributed by atoms with Crippen LogP contribution in [0.1, 0.15) is 51.7 Å². The first-order valence-electron chi connectivity index (χ1n) is 10.7. The van der Waals surface area contributed by atoms with Crippen molar-refractivity contribution in [3.8, 4) is 0 Å². The van der Waals surface area contributed by atoms with Crippen LogP contribution in [0.4, 0.5) is 0 Å². The lowest BCUT2D eigenvalue weighted by atomic mass is 9.97. The second kappa shape index (κ2) is 11.3. The Kier molecular flexibility index (Phi) is 9.46. The van der Waals surface area contributed by atoms with Crippen molar-refractivity contribution in [3.63, 3.8) is 0 Å². The van der Waals surface area contributed by atoms with Crippen LogP contribution in [0.15, 0.2) is 4.99 Å². The zero-order valence-corrected chi connectivity index (χ0v) is 20.3. The lowest BCUT2D eigenvalue weighted by Crippen LogP contribution is -2.49. The molecule has 28 heavy (non-hydrogen) atoms. The van der Waals surface area contributed by atoms with E-state index < -0.39 is 0 Å². The number of piperidine rings is 1. The third-order valence-electron chi connectivity index (χ3n) is 5.57. The highest BCUT2D eigenvalue weighted by molar-refractivity contribution is 14.0. The van der Waals surface area contributed by atoms with E-state index in [9.17, 15) is 0 Å². The van der Waals surface area contributed by atoms with Gasteiger partial charge in [-0.3, -0.25) is 4.99 Å². The summed E-state index contributed by atoms with van der Waals surface area (Å²) in [7, 11) is 1.86. The monoisotopic (exact) mass is 503 g/mol. The van der Waals surface area contributed by atoms with Gasteiger partial charge in [-0.25, -0.2) is 9.67 Å². The van der Waals surface area contributed by atoms with Gasteiger partial charge in [0, 0.05) is 45.6 Å². The molecule has 7 nitrogen and oxygen atoms in total. The molecule has 0 spiro atoms. The molecule has 0 bridgehead atoms. The molecule has 1 fully saturated rings. The van der Waals surface area contributed by atoms with Gasteiger partial charge in [0.25, 0.3) is 0 Å². The summed E-state index contributed by atoms with van der Waals surface area (Å²) in [5, 5.41) is 11.8. The van der Waals surface area contributed by atoms with Crippen molar-refractivity contribution in [3.05, 3.63) is 11.6 Å². The summed E-state index contributed by atoms with van der Waals surface area (Å²) in [5.74, 6) is 4.45. The molecule has 0 radical (unpaired) electrons. The second-order valence-electron chi connectivity index (χ2n) is 8.47. The SMILES string of the molecule is CCc1nc2n(n1)CC(NC(=NC)NCC1CCCN(CC(C)C)C1)CC2.I. The first-order chi connectivity index (χ1) is 13.1. The van der Waals surface area contributed by atoms with E-state index in [2.05, 4.69) is 56.1 Å². The highest BCUT2D eigenvalue weighted by Crippen LogP contribution is 2.17. The minimum atomic E-state index is 0. The molecule has 8 heteroatoms. The Balaban J connectivity index is 0.00000280. The Morgan fingerprint density at radius 1 is 1.29 bits per heavy atom. The second-order valence-corrected chi connectivity index (χ2v) is 8.47. The maximum atomic E-state index is 4.60. The van der Waals surface area contributed by atoms with E-state index >= 15 is 0 Å². The van der Waals surface area contributed by atoms with Crippen molar-refractivity contribution in [1.29, 1.82) is 0 Å². The topological polar surface area (TPSA) is 70.4 Å². The van der Waals surface area contributed by atoms with Crippen LogP contribution in [0.25, 0.3) is 0 Å². The average molecular weight is 503 g/mol. The Hall–Kier alpha value is -0.900. The van der Waals surface area contributed by atoms with Crippen LogP contribution in [-0.4, -0.2) is 64.9 Å². The third-order valence-corrected chi connectivity index (χ3v) is 5.57. The van der Waals surface area contributed by atoms with Crippen LogP contribution in [0.5, 0.6) is 0 Å². The van der Waals surface area contributed by atoms with Crippen molar-refractivity contribution >= 4 is 29.9 Å². The minimum absolute atomic E-state index is 0. The van der Waals surface area contributed by atoms with Crippen LogP contribution in [0.3, 0.4) is 0 Å². The number of aromatic nitrogens is 3. The van der Waals surface area contributed by atoms with E-state index in [1.165, 1.54) is 32.5 Å². The number of hydrogen-bond acceptors (Lipinski definition) is 4. The number of guanidine groups is 1. The van der Waals surface area contributed by atoms with Crippen LogP contribution < -0.4 is 10.6 Å². The number of rotatable bonds is 6. The molecule has 2 atom stereocenters. The van der Waals surface area contributed by atoms with E-state index in [0.717, 1.165) is 55.9 Å². The molecule has 0 aliphatic carbocycles. The molecule has 2 aliphatic heterocycles. The molecular formula is C20H38IN7. The number of hydrogen-bond donors (Lipinski definition) is 2.